The van der Waals surface area contributed by atoms with E-state index in [-0.39, 0.29) is 0 Å². The molecule has 0 unspecified atom stereocenters. The molecule has 0 atom stereocenters. The van der Waals surface area contributed by atoms with E-state index in [0.29, 0.717) is 6.10 Å². The third-order valence-electron chi connectivity index (χ3n) is 2.19. The second-order valence-electron chi connectivity index (χ2n) is 4.01. The van der Waals surface area contributed by atoms with Crippen LogP contribution in [-0.2, 0) is 14.3 Å². The summed E-state index contributed by atoms with van der Waals surface area (Å²) >= 11 is 0. The standard InChI is InChI=1S/C6H14N2O.2C2HF3O2/c1-9-6-4-8(5-6)3-2-7;2*3-2(4,5)1(6)7/h6H,2-5,7H2,1H3;2*(H,6,7). The van der Waals surface area contributed by atoms with Gasteiger partial charge in [-0.25, -0.2) is 9.59 Å². The van der Waals surface area contributed by atoms with Crippen molar-refractivity contribution in [3.63, 3.8) is 0 Å². The Kier molecular flexibility index (Phi) is 10.5. The number of halogens is 6. The van der Waals surface area contributed by atoms with Crippen LogP contribution < -0.4 is 5.73 Å². The summed E-state index contributed by atoms with van der Waals surface area (Å²) in [7, 11) is 1.75. The van der Waals surface area contributed by atoms with Crippen LogP contribution in [0.2, 0.25) is 0 Å². The molecule has 0 aromatic rings. The second kappa shape index (κ2) is 10.2. The summed E-state index contributed by atoms with van der Waals surface area (Å²) in [5, 5.41) is 14.2. The minimum absolute atomic E-state index is 0.469. The maximum Gasteiger partial charge on any atom is 0.490 e. The Morgan fingerprint density at radius 1 is 1.09 bits per heavy atom. The Bertz CT molecular complexity index is 344. The van der Waals surface area contributed by atoms with Gasteiger partial charge in [0.2, 0.25) is 0 Å². The van der Waals surface area contributed by atoms with E-state index in [9.17, 15) is 26.3 Å². The predicted molar refractivity (Wildman–Crippen MR) is 63.7 cm³/mol. The van der Waals surface area contributed by atoms with Gasteiger partial charge in [-0.15, -0.1) is 0 Å². The summed E-state index contributed by atoms with van der Waals surface area (Å²) in [5.41, 5.74) is 5.34. The lowest BCUT2D eigenvalue weighted by Gasteiger charge is -2.37. The lowest BCUT2D eigenvalue weighted by molar-refractivity contribution is -0.193. The van der Waals surface area contributed by atoms with E-state index in [2.05, 4.69) is 4.90 Å². The number of aliphatic carboxylic acids is 2. The molecule has 0 amide bonds. The van der Waals surface area contributed by atoms with Crippen molar-refractivity contribution < 1.29 is 50.9 Å². The Morgan fingerprint density at radius 2 is 1.39 bits per heavy atom. The summed E-state index contributed by atoms with van der Waals surface area (Å²) in [6, 6.07) is 0. The first-order valence-corrected chi connectivity index (χ1v) is 5.81. The molecule has 138 valence electrons. The van der Waals surface area contributed by atoms with Crippen LogP contribution in [0, 0.1) is 0 Å². The van der Waals surface area contributed by atoms with Gasteiger partial charge in [0.1, 0.15) is 0 Å². The van der Waals surface area contributed by atoms with E-state index in [0.717, 1.165) is 26.2 Å². The minimum Gasteiger partial charge on any atom is -0.475 e. The lowest BCUT2D eigenvalue weighted by atomic mass is 10.2. The number of likely N-dealkylation sites (tertiary alicyclic amines) is 1. The highest BCUT2D eigenvalue weighted by Crippen LogP contribution is 2.13. The Morgan fingerprint density at radius 3 is 1.57 bits per heavy atom. The van der Waals surface area contributed by atoms with Gasteiger partial charge in [0, 0.05) is 33.3 Å². The van der Waals surface area contributed by atoms with E-state index >= 15 is 0 Å². The van der Waals surface area contributed by atoms with E-state index < -0.39 is 24.3 Å². The molecule has 1 aliphatic heterocycles. The molecule has 0 radical (unpaired) electrons. The molecule has 1 fully saturated rings. The first-order valence-electron chi connectivity index (χ1n) is 5.81. The summed E-state index contributed by atoms with van der Waals surface area (Å²) in [6.07, 6.45) is -9.70. The Hall–Kier alpha value is -1.60. The number of hydrogen-bond donors (Lipinski definition) is 3. The van der Waals surface area contributed by atoms with Gasteiger partial charge in [-0.3, -0.25) is 4.90 Å². The molecule has 0 saturated carbocycles. The molecule has 4 N–H and O–H groups in total. The van der Waals surface area contributed by atoms with Crippen molar-refractivity contribution in [2.45, 2.75) is 18.5 Å². The first kappa shape index (κ1) is 23.7. The number of carbonyl (C=O) groups is 2. The van der Waals surface area contributed by atoms with Crippen LogP contribution in [0.25, 0.3) is 0 Å². The minimum atomic E-state index is -5.08. The summed E-state index contributed by atoms with van der Waals surface area (Å²) < 4.78 is 68.6. The third kappa shape index (κ3) is 12.6. The van der Waals surface area contributed by atoms with Gasteiger partial charge in [0.15, 0.2) is 0 Å². The van der Waals surface area contributed by atoms with E-state index in [4.69, 9.17) is 30.3 Å². The molecular formula is C10H16F6N2O5. The van der Waals surface area contributed by atoms with Crippen LogP contribution in [0.4, 0.5) is 26.3 Å². The third-order valence-corrected chi connectivity index (χ3v) is 2.19. The first-order chi connectivity index (χ1) is 10.3. The van der Waals surface area contributed by atoms with Crippen molar-refractivity contribution in [1.29, 1.82) is 0 Å². The lowest BCUT2D eigenvalue weighted by Crippen LogP contribution is -2.53. The highest BCUT2D eigenvalue weighted by atomic mass is 19.4. The highest BCUT2D eigenvalue weighted by molar-refractivity contribution is 5.73. The van der Waals surface area contributed by atoms with Crippen molar-refractivity contribution in [1.82, 2.24) is 4.90 Å². The van der Waals surface area contributed by atoms with Crippen LogP contribution >= 0.6 is 0 Å². The fourth-order valence-corrected chi connectivity index (χ4v) is 1.04. The molecule has 1 aliphatic rings. The van der Waals surface area contributed by atoms with Crippen LogP contribution in [0.3, 0.4) is 0 Å². The number of rotatable bonds is 3. The number of nitrogens with zero attached hydrogens (tertiary/aromatic N) is 1. The topological polar surface area (TPSA) is 113 Å². The zero-order valence-corrected chi connectivity index (χ0v) is 11.8. The normalized spacial score (nSPS) is 15.5. The van der Waals surface area contributed by atoms with Gasteiger partial charge in [-0.1, -0.05) is 0 Å². The molecular weight excluding hydrogens is 342 g/mol. The number of nitrogens with two attached hydrogens (primary N) is 1. The van der Waals surface area contributed by atoms with Gasteiger partial charge in [0.25, 0.3) is 0 Å². The molecule has 0 spiro atoms. The molecule has 1 saturated heterocycles. The van der Waals surface area contributed by atoms with Crippen LogP contribution in [0.5, 0.6) is 0 Å². The number of alkyl halides is 6. The maximum atomic E-state index is 10.6. The van der Waals surface area contributed by atoms with Gasteiger partial charge >= 0.3 is 24.3 Å². The summed E-state index contributed by atoms with van der Waals surface area (Å²) in [5.74, 6) is -5.51. The molecule has 7 nitrogen and oxygen atoms in total. The summed E-state index contributed by atoms with van der Waals surface area (Å²) in [6.45, 7) is 3.90. The molecule has 1 rings (SSSR count). The van der Waals surface area contributed by atoms with Crippen molar-refractivity contribution in [2.24, 2.45) is 5.73 Å². The highest BCUT2D eigenvalue weighted by Gasteiger charge is 2.38. The Labute approximate surface area is 126 Å². The van der Waals surface area contributed by atoms with Crippen molar-refractivity contribution >= 4 is 11.9 Å². The van der Waals surface area contributed by atoms with Crippen molar-refractivity contribution in [3.05, 3.63) is 0 Å². The van der Waals surface area contributed by atoms with E-state index in [1.54, 1.807) is 7.11 Å². The zero-order valence-electron chi connectivity index (χ0n) is 11.8. The Balaban J connectivity index is 0. The van der Waals surface area contributed by atoms with E-state index in [1.165, 1.54) is 0 Å². The van der Waals surface area contributed by atoms with Crippen LogP contribution in [-0.4, -0.2) is 78.8 Å². The fraction of sp³-hybridized carbons (Fsp3) is 0.800. The van der Waals surface area contributed by atoms with Gasteiger partial charge in [-0.2, -0.15) is 26.3 Å². The van der Waals surface area contributed by atoms with E-state index in [1.807, 2.05) is 0 Å². The fourth-order valence-electron chi connectivity index (χ4n) is 1.04. The predicted octanol–water partition coefficient (Wildman–Crippen LogP) is 0.542. The number of carboxylic acid groups (broad SMARTS) is 2. The smallest absolute Gasteiger partial charge is 0.475 e. The molecule has 1 heterocycles. The maximum absolute atomic E-state index is 10.6. The second-order valence-corrected chi connectivity index (χ2v) is 4.01. The quantitative estimate of drug-likeness (QED) is 0.631. The SMILES string of the molecule is COC1CN(CCN)C1.O=C(O)C(F)(F)F.O=C(O)C(F)(F)F. The van der Waals surface area contributed by atoms with Gasteiger partial charge in [-0.05, 0) is 0 Å². The van der Waals surface area contributed by atoms with Crippen molar-refractivity contribution in [2.75, 3.05) is 33.3 Å². The molecule has 0 aromatic carbocycles. The molecule has 0 bridgehead atoms. The largest absolute Gasteiger partial charge is 0.490 e. The number of methoxy groups -OCH3 is 1. The number of hydrogen-bond acceptors (Lipinski definition) is 5. The molecule has 13 heteroatoms. The number of carboxylic acids is 2. The van der Waals surface area contributed by atoms with Gasteiger partial charge < -0.3 is 20.7 Å². The average Bonchev–Trinajstić information content (AvgIpc) is 2.32. The van der Waals surface area contributed by atoms with Crippen LogP contribution in [0.15, 0.2) is 0 Å². The van der Waals surface area contributed by atoms with Crippen molar-refractivity contribution in [3.8, 4) is 0 Å². The molecule has 23 heavy (non-hydrogen) atoms. The van der Waals surface area contributed by atoms with Crippen LogP contribution in [0.1, 0.15) is 0 Å². The summed E-state index contributed by atoms with van der Waals surface area (Å²) in [4.78, 5) is 20.1. The van der Waals surface area contributed by atoms with Gasteiger partial charge in [0.05, 0.1) is 6.10 Å². The number of ether oxygens (including phenoxy) is 1. The molecule has 0 aliphatic carbocycles. The average molecular weight is 358 g/mol. The monoisotopic (exact) mass is 358 g/mol. The molecule has 0 aromatic heterocycles. The zero-order chi connectivity index (χ0) is 18.8.